The minimum atomic E-state index is -0.226. The van der Waals surface area contributed by atoms with Crippen molar-refractivity contribution in [2.45, 2.75) is 43.9 Å². The Labute approximate surface area is 134 Å². The van der Waals surface area contributed by atoms with Crippen molar-refractivity contribution in [3.63, 3.8) is 0 Å². The fourth-order valence-corrected chi connectivity index (χ4v) is 3.14. The predicted molar refractivity (Wildman–Crippen MR) is 83.8 cm³/mol. The summed E-state index contributed by atoms with van der Waals surface area (Å²) in [4.78, 5) is 12.5. The largest absolute Gasteiger partial charge is 0.376 e. The maximum Gasteiger partial charge on any atom is 0.274 e. The average molecular weight is 312 g/mol. The van der Waals surface area contributed by atoms with E-state index in [1.165, 1.54) is 0 Å². The molecule has 2 fully saturated rings. The second kappa shape index (κ2) is 5.77. The van der Waals surface area contributed by atoms with Gasteiger partial charge in [-0.05, 0) is 31.2 Å². The number of carbonyl (C=O) groups is 1. The number of carbonyl (C=O) groups excluding carboxylic acids is 1. The molecule has 1 aliphatic heterocycles. The van der Waals surface area contributed by atoms with E-state index >= 15 is 0 Å². The molecule has 2 aliphatic rings. The van der Waals surface area contributed by atoms with Crippen LogP contribution in [0.2, 0.25) is 0 Å². The van der Waals surface area contributed by atoms with Gasteiger partial charge in [-0.2, -0.15) is 0 Å². The van der Waals surface area contributed by atoms with E-state index in [9.17, 15) is 4.79 Å². The van der Waals surface area contributed by atoms with Gasteiger partial charge in [-0.1, -0.05) is 35.5 Å². The number of hydrogen-bond donors (Lipinski definition) is 1. The van der Waals surface area contributed by atoms with Crippen LogP contribution in [0.25, 0.3) is 0 Å². The van der Waals surface area contributed by atoms with Crippen molar-refractivity contribution >= 4 is 5.91 Å². The molecule has 4 rings (SSSR count). The summed E-state index contributed by atoms with van der Waals surface area (Å²) in [6.45, 7) is 1.47. The van der Waals surface area contributed by atoms with Crippen molar-refractivity contribution < 1.29 is 9.53 Å². The van der Waals surface area contributed by atoms with Crippen LogP contribution in [0.3, 0.4) is 0 Å². The monoisotopic (exact) mass is 312 g/mol. The number of aromatic nitrogens is 3. The van der Waals surface area contributed by atoms with Crippen LogP contribution in [0.15, 0.2) is 36.5 Å². The lowest BCUT2D eigenvalue weighted by Gasteiger charge is -2.16. The molecule has 1 N–H and O–H groups in total. The van der Waals surface area contributed by atoms with E-state index in [2.05, 4.69) is 27.8 Å². The molecule has 1 aromatic carbocycles. The standard InChI is InChI=1S/C17H20N4O2/c22-16(18-17(8-9-17)13-5-2-1-3-6-13)15-12-21(20-19-15)11-14-7-4-10-23-14/h1-3,5-6,12,14H,4,7-11H2,(H,18,22). The lowest BCUT2D eigenvalue weighted by atomic mass is 10.1. The fraction of sp³-hybridized carbons (Fsp3) is 0.471. The van der Waals surface area contributed by atoms with Gasteiger partial charge >= 0.3 is 0 Å². The zero-order valence-corrected chi connectivity index (χ0v) is 12.9. The number of nitrogens with zero attached hydrogens (tertiary/aromatic N) is 3. The van der Waals surface area contributed by atoms with Crippen molar-refractivity contribution in [2.75, 3.05) is 6.61 Å². The molecule has 1 saturated carbocycles. The third kappa shape index (κ3) is 2.99. The Morgan fingerprint density at radius 1 is 1.35 bits per heavy atom. The van der Waals surface area contributed by atoms with Gasteiger partial charge in [0.05, 0.1) is 24.4 Å². The van der Waals surface area contributed by atoms with E-state index in [1.807, 2.05) is 18.2 Å². The quantitative estimate of drug-likeness (QED) is 0.915. The smallest absolute Gasteiger partial charge is 0.274 e. The van der Waals surface area contributed by atoms with Crippen molar-refractivity contribution in [3.8, 4) is 0 Å². The second-order valence-corrected chi connectivity index (χ2v) is 6.36. The molecule has 2 heterocycles. The van der Waals surface area contributed by atoms with Gasteiger partial charge in [-0.15, -0.1) is 5.10 Å². The van der Waals surface area contributed by atoms with E-state index in [0.717, 1.165) is 37.9 Å². The Bertz CT molecular complexity index is 688. The second-order valence-electron chi connectivity index (χ2n) is 6.36. The fourth-order valence-electron chi connectivity index (χ4n) is 3.14. The average Bonchev–Trinajstić information content (AvgIpc) is 3.00. The van der Waals surface area contributed by atoms with Crippen LogP contribution >= 0.6 is 0 Å². The van der Waals surface area contributed by atoms with Crippen molar-refractivity contribution in [2.24, 2.45) is 0 Å². The number of amides is 1. The summed E-state index contributed by atoms with van der Waals surface area (Å²) >= 11 is 0. The van der Waals surface area contributed by atoms with Gasteiger partial charge in [-0.25, -0.2) is 4.68 Å². The number of nitrogens with one attached hydrogen (secondary N) is 1. The van der Waals surface area contributed by atoms with E-state index in [1.54, 1.807) is 10.9 Å². The highest BCUT2D eigenvalue weighted by Gasteiger charge is 2.45. The zero-order chi connectivity index (χ0) is 15.7. The summed E-state index contributed by atoms with van der Waals surface area (Å²) in [5.74, 6) is -0.162. The molecule has 1 amide bonds. The van der Waals surface area contributed by atoms with Gasteiger partial charge in [0.1, 0.15) is 0 Å². The van der Waals surface area contributed by atoms with Crippen molar-refractivity contribution in [1.29, 1.82) is 0 Å². The highest BCUT2D eigenvalue weighted by molar-refractivity contribution is 5.92. The first-order chi connectivity index (χ1) is 11.3. The third-order valence-corrected chi connectivity index (χ3v) is 4.62. The highest BCUT2D eigenvalue weighted by atomic mass is 16.5. The lowest BCUT2D eigenvalue weighted by Crippen LogP contribution is -2.35. The molecule has 1 aliphatic carbocycles. The summed E-state index contributed by atoms with van der Waals surface area (Å²) < 4.78 is 7.29. The van der Waals surface area contributed by atoms with Gasteiger partial charge in [0.25, 0.3) is 5.91 Å². The number of rotatable bonds is 5. The highest BCUT2D eigenvalue weighted by Crippen LogP contribution is 2.45. The Kier molecular flexibility index (Phi) is 3.61. The lowest BCUT2D eigenvalue weighted by molar-refractivity contribution is 0.0919. The van der Waals surface area contributed by atoms with Crippen LogP contribution in [-0.4, -0.2) is 33.6 Å². The molecule has 0 radical (unpaired) electrons. The maximum atomic E-state index is 12.5. The Morgan fingerprint density at radius 3 is 2.87 bits per heavy atom. The number of hydrogen-bond acceptors (Lipinski definition) is 4. The molecule has 6 heteroatoms. The molecule has 1 aromatic heterocycles. The van der Waals surface area contributed by atoms with Crippen LogP contribution in [0.5, 0.6) is 0 Å². The zero-order valence-electron chi connectivity index (χ0n) is 12.9. The molecule has 1 atom stereocenters. The van der Waals surface area contributed by atoms with Crippen LogP contribution in [0, 0.1) is 0 Å². The van der Waals surface area contributed by atoms with Crippen LogP contribution < -0.4 is 5.32 Å². The van der Waals surface area contributed by atoms with Gasteiger partial charge < -0.3 is 10.1 Å². The molecule has 6 nitrogen and oxygen atoms in total. The summed E-state index contributed by atoms with van der Waals surface area (Å²) in [7, 11) is 0. The minimum absolute atomic E-state index is 0.162. The van der Waals surface area contributed by atoms with Crippen LogP contribution in [-0.2, 0) is 16.8 Å². The van der Waals surface area contributed by atoms with Crippen LogP contribution in [0.1, 0.15) is 41.7 Å². The summed E-state index contributed by atoms with van der Waals surface area (Å²) in [6.07, 6.45) is 5.95. The topological polar surface area (TPSA) is 69.0 Å². The molecule has 0 bridgehead atoms. The van der Waals surface area contributed by atoms with Gasteiger partial charge in [0, 0.05) is 6.61 Å². The van der Waals surface area contributed by atoms with Crippen molar-refractivity contribution in [1.82, 2.24) is 20.3 Å². The molecule has 1 unspecified atom stereocenters. The summed E-state index contributed by atoms with van der Waals surface area (Å²) in [6, 6.07) is 10.1. The first kappa shape index (κ1) is 14.4. The van der Waals surface area contributed by atoms with Gasteiger partial charge in [-0.3, -0.25) is 4.79 Å². The molecule has 23 heavy (non-hydrogen) atoms. The van der Waals surface area contributed by atoms with Crippen molar-refractivity contribution in [3.05, 3.63) is 47.8 Å². The van der Waals surface area contributed by atoms with Gasteiger partial charge in [0.15, 0.2) is 5.69 Å². The number of ether oxygens (including phenoxy) is 1. The Balaban J connectivity index is 1.42. The van der Waals surface area contributed by atoms with E-state index in [4.69, 9.17) is 4.74 Å². The van der Waals surface area contributed by atoms with Crippen LogP contribution in [0.4, 0.5) is 0 Å². The SMILES string of the molecule is O=C(NC1(c2ccccc2)CC1)c1cn(CC2CCCO2)nn1. The minimum Gasteiger partial charge on any atom is -0.376 e. The predicted octanol–water partition coefficient (Wildman–Crippen LogP) is 1.88. The first-order valence-electron chi connectivity index (χ1n) is 8.15. The molecule has 1 saturated heterocycles. The molecular weight excluding hydrogens is 292 g/mol. The maximum absolute atomic E-state index is 12.5. The summed E-state index contributed by atoms with van der Waals surface area (Å²) in [5.41, 5.74) is 1.29. The van der Waals surface area contributed by atoms with E-state index < -0.39 is 0 Å². The third-order valence-electron chi connectivity index (χ3n) is 4.62. The van der Waals surface area contributed by atoms with Gasteiger partial charge in [0.2, 0.25) is 0 Å². The Hall–Kier alpha value is -2.21. The van der Waals surface area contributed by atoms with E-state index in [0.29, 0.717) is 12.2 Å². The summed E-state index contributed by atoms with van der Waals surface area (Å²) in [5, 5.41) is 11.2. The first-order valence-corrected chi connectivity index (χ1v) is 8.15. The normalized spacial score (nSPS) is 22.0. The molecular formula is C17H20N4O2. The van der Waals surface area contributed by atoms with E-state index in [-0.39, 0.29) is 17.6 Å². The molecule has 120 valence electrons. The number of benzene rings is 1. The molecule has 2 aromatic rings. The molecule has 0 spiro atoms. The Morgan fingerprint density at radius 2 is 2.17 bits per heavy atom.